The van der Waals surface area contributed by atoms with Gasteiger partial charge in [0.1, 0.15) is 0 Å². The minimum absolute atomic E-state index is 0.122. The van der Waals surface area contributed by atoms with Gasteiger partial charge in [-0.05, 0) is 12.5 Å². The van der Waals surface area contributed by atoms with Crippen LogP contribution >= 0.6 is 0 Å². The van der Waals surface area contributed by atoms with E-state index in [1.807, 2.05) is 6.92 Å². The van der Waals surface area contributed by atoms with Crippen LogP contribution in [-0.4, -0.2) is 26.3 Å². The molecule has 19 heavy (non-hydrogen) atoms. The number of aromatic amines is 2. The second-order valence-corrected chi connectivity index (χ2v) is 3.97. The summed E-state index contributed by atoms with van der Waals surface area (Å²) in [6.45, 7) is 2.00. The number of anilines is 2. The molecule has 0 saturated heterocycles. The highest BCUT2D eigenvalue weighted by atomic mass is 16.2. The van der Waals surface area contributed by atoms with Crippen LogP contribution in [0.4, 0.5) is 11.5 Å². The van der Waals surface area contributed by atoms with E-state index in [1.165, 1.54) is 12.1 Å². The van der Waals surface area contributed by atoms with Gasteiger partial charge in [-0.1, -0.05) is 13.3 Å². The zero-order chi connectivity index (χ0) is 13.8. The van der Waals surface area contributed by atoms with Gasteiger partial charge in [0.25, 0.3) is 11.5 Å². The monoisotopic (exact) mass is 262 g/mol. The molecule has 100 valence electrons. The standard InChI is InChI=1S/C11H14N6O2/c1-2-3-6-9(12)10(17-14-6)11(19)13-7-4-5-8(18)16-15-7/h4-5H,2-3,12H2,1H3,(H,14,17)(H,16,18)(H,13,15,19). The predicted octanol–water partition coefficient (Wildman–Crippen LogP) is 0.280. The van der Waals surface area contributed by atoms with Crippen LogP contribution in [0.3, 0.4) is 0 Å². The fraction of sp³-hybridized carbons (Fsp3) is 0.273. The summed E-state index contributed by atoms with van der Waals surface area (Å²) < 4.78 is 0. The molecule has 0 unspecified atom stereocenters. The fourth-order valence-corrected chi connectivity index (χ4v) is 1.59. The quantitative estimate of drug-likeness (QED) is 0.628. The lowest BCUT2D eigenvalue weighted by atomic mass is 10.2. The third-order valence-electron chi connectivity index (χ3n) is 2.52. The van der Waals surface area contributed by atoms with E-state index < -0.39 is 5.91 Å². The maximum absolute atomic E-state index is 11.9. The minimum atomic E-state index is -0.476. The van der Waals surface area contributed by atoms with Crippen LogP contribution in [0.15, 0.2) is 16.9 Å². The highest BCUT2D eigenvalue weighted by molar-refractivity contribution is 6.06. The first-order valence-corrected chi connectivity index (χ1v) is 5.81. The molecule has 0 aliphatic carbocycles. The van der Waals surface area contributed by atoms with Crippen molar-refractivity contribution in [3.63, 3.8) is 0 Å². The molecule has 0 saturated carbocycles. The van der Waals surface area contributed by atoms with Crippen molar-refractivity contribution >= 4 is 17.4 Å². The molecule has 5 N–H and O–H groups in total. The van der Waals surface area contributed by atoms with Crippen molar-refractivity contribution < 1.29 is 4.79 Å². The van der Waals surface area contributed by atoms with Crippen LogP contribution in [0.1, 0.15) is 29.5 Å². The number of hydrogen-bond acceptors (Lipinski definition) is 5. The van der Waals surface area contributed by atoms with Gasteiger partial charge in [-0.15, -0.1) is 0 Å². The van der Waals surface area contributed by atoms with E-state index in [9.17, 15) is 9.59 Å². The van der Waals surface area contributed by atoms with Crippen LogP contribution in [0, 0.1) is 0 Å². The lowest BCUT2D eigenvalue weighted by Gasteiger charge is -2.02. The van der Waals surface area contributed by atoms with Gasteiger partial charge in [-0.3, -0.25) is 14.7 Å². The van der Waals surface area contributed by atoms with Gasteiger partial charge in [0.2, 0.25) is 0 Å². The highest BCUT2D eigenvalue weighted by Gasteiger charge is 2.17. The van der Waals surface area contributed by atoms with Gasteiger partial charge in [0, 0.05) is 6.07 Å². The lowest BCUT2D eigenvalue weighted by molar-refractivity contribution is 0.102. The smallest absolute Gasteiger partial charge is 0.279 e. The number of rotatable bonds is 4. The van der Waals surface area contributed by atoms with Crippen molar-refractivity contribution in [1.82, 2.24) is 20.4 Å². The number of aryl methyl sites for hydroxylation is 1. The Hall–Kier alpha value is -2.64. The molecular weight excluding hydrogens is 248 g/mol. The largest absolute Gasteiger partial charge is 0.395 e. The second kappa shape index (κ2) is 5.34. The Morgan fingerprint density at radius 3 is 2.79 bits per heavy atom. The number of hydrogen-bond donors (Lipinski definition) is 4. The molecule has 0 fully saturated rings. The van der Waals surface area contributed by atoms with E-state index >= 15 is 0 Å². The summed E-state index contributed by atoms with van der Waals surface area (Å²) in [5, 5.41) is 15.0. The molecule has 2 aromatic heterocycles. The lowest BCUT2D eigenvalue weighted by Crippen LogP contribution is -2.17. The summed E-state index contributed by atoms with van der Waals surface area (Å²) >= 11 is 0. The van der Waals surface area contributed by atoms with Crippen LogP contribution in [0.25, 0.3) is 0 Å². The molecule has 2 heterocycles. The number of nitrogen functional groups attached to an aromatic ring is 1. The highest BCUT2D eigenvalue weighted by Crippen LogP contribution is 2.16. The summed E-state index contributed by atoms with van der Waals surface area (Å²) in [5.74, 6) is -0.250. The van der Waals surface area contributed by atoms with Crippen LogP contribution in [0.2, 0.25) is 0 Å². The molecule has 0 aliphatic rings. The first-order valence-electron chi connectivity index (χ1n) is 5.81. The molecule has 2 aromatic rings. The average Bonchev–Trinajstić information content (AvgIpc) is 2.75. The molecule has 0 atom stereocenters. The van der Waals surface area contributed by atoms with Crippen LogP contribution < -0.4 is 16.6 Å². The zero-order valence-corrected chi connectivity index (χ0v) is 10.4. The van der Waals surface area contributed by atoms with E-state index in [1.54, 1.807) is 0 Å². The third-order valence-corrected chi connectivity index (χ3v) is 2.52. The molecule has 0 bridgehead atoms. The van der Waals surface area contributed by atoms with Crippen LogP contribution in [-0.2, 0) is 6.42 Å². The maximum Gasteiger partial charge on any atom is 0.279 e. The van der Waals surface area contributed by atoms with E-state index in [-0.39, 0.29) is 17.1 Å². The van der Waals surface area contributed by atoms with Gasteiger partial charge in [0.15, 0.2) is 11.5 Å². The van der Waals surface area contributed by atoms with Crippen molar-refractivity contribution in [2.24, 2.45) is 0 Å². The van der Waals surface area contributed by atoms with Crippen molar-refractivity contribution in [2.45, 2.75) is 19.8 Å². The molecule has 0 aromatic carbocycles. The topological polar surface area (TPSA) is 130 Å². The van der Waals surface area contributed by atoms with Gasteiger partial charge >= 0.3 is 0 Å². The van der Waals surface area contributed by atoms with E-state index in [4.69, 9.17) is 5.73 Å². The summed E-state index contributed by atoms with van der Waals surface area (Å²) in [7, 11) is 0. The molecule has 2 rings (SSSR count). The Labute approximate surface area is 108 Å². The molecular formula is C11H14N6O2. The van der Waals surface area contributed by atoms with Gasteiger partial charge in [-0.2, -0.15) is 10.2 Å². The van der Waals surface area contributed by atoms with Gasteiger partial charge in [-0.25, -0.2) is 5.10 Å². The van der Waals surface area contributed by atoms with E-state index in [0.29, 0.717) is 5.69 Å². The predicted molar refractivity (Wildman–Crippen MR) is 69.8 cm³/mol. The van der Waals surface area contributed by atoms with Crippen molar-refractivity contribution in [2.75, 3.05) is 11.1 Å². The first kappa shape index (κ1) is 12.8. The Bertz CT molecular complexity index is 624. The number of nitrogens with zero attached hydrogens (tertiary/aromatic N) is 2. The Kier molecular flexibility index (Phi) is 3.60. The van der Waals surface area contributed by atoms with Gasteiger partial charge < -0.3 is 11.1 Å². The molecule has 8 heteroatoms. The van der Waals surface area contributed by atoms with Crippen molar-refractivity contribution in [1.29, 1.82) is 0 Å². The fourth-order valence-electron chi connectivity index (χ4n) is 1.59. The molecule has 0 aliphatic heterocycles. The Balaban J connectivity index is 2.16. The van der Waals surface area contributed by atoms with Gasteiger partial charge in [0.05, 0.1) is 11.4 Å². The first-order chi connectivity index (χ1) is 9.11. The van der Waals surface area contributed by atoms with Crippen LogP contribution in [0.5, 0.6) is 0 Å². The Morgan fingerprint density at radius 2 is 2.16 bits per heavy atom. The number of H-pyrrole nitrogens is 2. The number of amides is 1. The summed E-state index contributed by atoms with van der Waals surface area (Å²) in [6.07, 6.45) is 1.62. The Morgan fingerprint density at radius 1 is 1.37 bits per heavy atom. The van der Waals surface area contributed by atoms with Crippen molar-refractivity contribution in [3.05, 3.63) is 33.9 Å². The second-order valence-electron chi connectivity index (χ2n) is 3.97. The number of carbonyl (C=O) groups excluding carboxylic acids is 1. The third kappa shape index (κ3) is 2.79. The average molecular weight is 262 g/mol. The molecule has 1 amide bonds. The maximum atomic E-state index is 11.9. The SMILES string of the molecule is CCCc1[nH]nc(C(=O)Nc2ccc(=O)[nH]n2)c1N. The normalized spacial score (nSPS) is 10.4. The molecule has 0 spiro atoms. The molecule has 0 radical (unpaired) electrons. The van der Waals surface area contributed by atoms with E-state index in [2.05, 4.69) is 25.7 Å². The number of aromatic nitrogens is 4. The minimum Gasteiger partial charge on any atom is -0.395 e. The number of carbonyl (C=O) groups is 1. The summed E-state index contributed by atoms with van der Waals surface area (Å²) in [6, 6.07) is 2.66. The summed E-state index contributed by atoms with van der Waals surface area (Å²) in [5.41, 5.74) is 6.69. The number of nitrogens with one attached hydrogen (secondary N) is 3. The number of nitrogens with two attached hydrogens (primary N) is 1. The summed E-state index contributed by atoms with van der Waals surface area (Å²) in [4.78, 5) is 22.8. The van der Waals surface area contributed by atoms with E-state index in [0.717, 1.165) is 18.5 Å². The van der Waals surface area contributed by atoms with Crippen molar-refractivity contribution in [3.8, 4) is 0 Å². The zero-order valence-electron chi connectivity index (χ0n) is 10.4. The molecule has 8 nitrogen and oxygen atoms in total.